The van der Waals surface area contributed by atoms with Gasteiger partial charge in [-0.25, -0.2) is 4.79 Å². The number of para-hydroxylation sites is 1. The van der Waals surface area contributed by atoms with Crippen LogP contribution in [0, 0.1) is 5.92 Å². The first kappa shape index (κ1) is 33.5. The van der Waals surface area contributed by atoms with Gasteiger partial charge in [0.2, 0.25) is 0 Å². The summed E-state index contributed by atoms with van der Waals surface area (Å²) < 4.78 is 26.7. The van der Waals surface area contributed by atoms with Crippen molar-refractivity contribution >= 4 is 18.6 Å². The fourth-order valence-electron chi connectivity index (χ4n) is 6.11. The Bertz CT molecular complexity index is 1720. The number of hydrogen-bond donors (Lipinski definition) is 0. The summed E-state index contributed by atoms with van der Waals surface area (Å²) in [5, 5.41) is 0.667. The molecule has 0 fully saturated rings. The zero-order chi connectivity index (χ0) is 32.9. The third-order valence-corrected chi connectivity index (χ3v) is 12.0. The number of benzene rings is 4. The second-order valence-corrected chi connectivity index (χ2v) is 15.8. The van der Waals surface area contributed by atoms with Crippen LogP contribution in [0.1, 0.15) is 76.1 Å². The molecule has 4 nitrogen and oxygen atoms in total. The number of aryl methyl sites for hydroxylation is 2. The van der Waals surface area contributed by atoms with Crippen LogP contribution in [0.15, 0.2) is 109 Å². The highest BCUT2D eigenvalue weighted by Crippen LogP contribution is 2.55. The molecule has 0 saturated heterocycles. The van der Waals surface area contributed by atoms with Crippen LogP contribution in [0.25, 0.3) is 11.1 Å². The van der Waals surface area contributed by atoms with Crippen molar-refractivity contribution in [1.29, 1.82) is 0 Å². The SMILES string of the molecule is C=C(C)C(=O)O[C@H](CCc1ccc(C(C)(C)c2ccc(CC[C@@H](C)CC)cc2)cc1)CP1(=O)Oc2ccccc2-c2ccccc21. The van der Waals surface area contributed by atoms with Gasteiger partial charge in [-0.1, -0.05) is 126 Å². The van der Waals surface area contributed by atoms with E-state index in [-0.39, 0.29) is 11.6 Å². The molecule has 3 atom stereocenters. The van der Waals surface area contributed by atoms with Gasteiger partial charge in [-0.15, -0.1) is 0 Å². The quantitative estimate of drug-likeness (QED) is 0.0834. The van der Waals surface area contributed by atoms with Crippen molar-refractivity contribution in [3.05, 3.63) is 131 Å². The lowest BCUT2D eigenvalue weighted by atomic mass is 9.77. The van der Waals surface area contributed by atoms with Crippen LogP contribution in [0.3, 0.4) is 0 Å². The predicted octanol–water partition coefficient (Wildman–Crippen LogP) is 10.1. The Morgan fingerprint density at radius 1 is 0.826 bits per heavy atom. The number of esters is 1. The Morgan fingerprint density at radius 3 is 1.96 bits per heavy atom. The van der Waals surface area contributed by atoms with E-state index in [9.17, 15) is 9.36 Å². The Labute approximate surface area is 275 Å². The molecular weight excluding hydrogens is 587 g/mol. The van der Waals surface area contributed by atoms with Gasteiger partial charge in [0, 0.05) is 16.6 Å². The molecule has 1 aliphatic rings. The molecule has 0 aliphatic carbocycles. The van der Waals surface area contributed by atoms with E-state index in [2.05, 4.69) is 82.8 Å². The Kier molecular flexibility index (Phi) is 10.4. The molecule has 240 valence electrons. The highest BCUT2D eigenvalue weighted by atomic mass is 31.2. The maximum Gasteiger partial charge on any atom is 0.333 e. The monoisotopic (exact) mass is 634 g/mol. The summed E-state index contributed by atoms with van der Waals surface area (Å²) in [6.45, 7) is 14.5. The van der Waals surface area contributed by atoms with Crippen molar-refractivity contribution < 1.29 is 18.6 Å². The van der Waals surface area contributed by atoms with E-state index in [1.165, 1.54) is 29.5 Å². The molecular formula is C41H47O4P. The summed E-state index contributed by atoms with van der Waals surface area (Å²) >= 11 is 0. The number of fused-ring (bicyclic) bond motifs is 3. The van der Waals surface area contributed by atoms with Crippen LogP contribution < -0.4 is 9.83 Å². The smallest absolute Gasteiger partial charge is 0.333 e. The molecule has 46 heavy (non-hydrogen) atoms. The van der Waals surface area contributed by atoms with Crippen molar-refractivity contribution in [1.82, 2.24) is 0 Å². The van der Waals surface area contributed by atoms with Crippen molar-refractivity contribution in [2.24, 2.45) is 5.92 Å². The van der Waals surface area contributed by atoms with Gasteiger partial charge in [-0.3, -0.25) is 4.57 Å². The molecule has 5 rings (SSSR count). The molecule has 1 unspecified atom stereocenters. The molecule has 0 N–H and O–H groups in total. The lowest BCUT2D eigenvalue weighted by Gasteiger charge is -2.31. The predicted molar refractivity (Wildman–Crippen MR) is 190 cm³/mol. The summed E-state index contributed by atoms with van der Waals surface area (Å²) in [5.74, 6) is 0.861. The van der Waals surface area contributed by atoms with E-state index in [1.54, 1.807) is 6.92 Å². The molecule has 0 aromatic heterocycles. The van der Waals surface area contributed by atoms with E-state index in [0.29, 0.717) is 29.5 Å². The van der Waals surface area contributed by atoms with E-state index >= 15 is 0 Å². The summed E-state index contributed by atoms with van der Waals surface area (Å²) in [7, 11) is -3.39. The molecule has 0 bridgehead atoms. The molecule has 5 heteroatoms. The highest BCUT2D eigenvalue weighted by Gasteiger charge is 2.39. The first-order chi connectivity index (χ1) is 22.0. The Morgan fingerprint density at radius 2 is 1.37 bits per heavy atom. The molecule has 0 amide bonds. The second kappa shape index (κ2) is 14.3. The number of ether oxygens (including phenoxy) is 1. The zero-order valence-corrected chi connectivity index (χ0v) is 28.8. The van der Waals surface area contributed by atoms with Crippen molar-refractivity contribution in [2.45, 2.75) is 78.2 Å². The first-order valence-corrected chi connectivity index (χ1v) is 18.3. The minimum atomic E-state index is -3.39. The second-order valence-electron chi connectivity index (χ2n) is 13.4. The molecule has 1 heterocycles. The van der Waals surface area contributed by atoms with E-state index in [1.807, 2.05) is 48.5 Å². The van der Waals surface area contributed by atoms with Crippen LogP contribution in [0.5, 0.6) is 5.75 Å². The van der Waals surface area contributed by atoms with Crippen molar-refractivity contribution in [2.75, 3.05) is 6.16 Å². The van der Waals surface area contributed by atoms with Crippen LogP contribution in [-0.2, 0) is 32.4 Å². The van der Waals surface area contributed by atoms with Gasteiger partial charge in [0.15, 0.2) is 0 Å². The molecule has 4 aromatic rings. The van der Waals surface area contributed by atoms with Gasteiger partial charge in [-0.2, -0.15) is 0 Å². The Hall–Kier alpha value is -3.88. The number of carbonyl (C=O) groups is 1. The topological polar surface area (TPSA) is 52.6 Å². The Balaban J connectivity index is 1.30. The van der Waals surface area contributed by atoms with E-state index in [0.717, 1.165) is 29.0 Å². The standard InChI is InChI=1S/C41H47O4P/c1-7-30(4)16-17-31-18-23-33(24-19-31)41(5,6)34-25-20-32(21-26-34)22-27-35(44-40(42)29(2)3)28-46(43)39-15-11-9-13-37(39)36-12-8-10-14-38(36)45-46/h8-15,18-21,23-26,30,35H,2,7,16-17,22,27-28H2,1,3-6H3/t30-,35+,46?/m0/s1. The van der Waals surface area contributed by atoms with Crippen molar-refractivity contribution in [3.8, 4) is 16.9 Å². The third kappa shape index (κ3) is 7.56. The summed E-state index contributed by atoms with van der Waals surface area (Å²) in [6, 6.07) is 33.1. The fourth-order valence-corrected chi connectivity index (χ4v) is 8.62. The molecule has 0 spiro atoms. The maximum atomic E-state index is 14.5. The number of rotatable bonds is 13. The summed E-state index contributed by atoms with van der Waals surface area (Å²) in [6.07, 6.45) is 4.22. The number of hydrogen-bond acceptors (Lipinski definition) is 4. The first-order valence-electron chi connectivity index (χ1n) is 16.5. The highest BCUT2D eigenvalue weighted by molar-refractivity contribution is 7.67. The van der Waals surface area contributed by atoms with Crippen LogP contribution in [0.4, 0.5) is 0 Å². The van der Waals surface area contributed by atoms with Crippen LogP contribution >= 0.6 is 7.37 Å². The minimum Gasteiger partial charge on any atom is -0.458 e. The molecule has 4 aromatic carbocycles. The largest absolute Gasteiger partial charge is 0.458 e. The maximum absolute atomic E-state index is 14.5. The van der Waals surface area contributed by atoms with Crippen LogP contribution in [0.2, 0.25) is 0 Å². The lowest BCUT2D eigenvalue weighted by Crippen LogP contribution is -2.29. The van der Waals surface area contributed by atoms with Gasteiger partial charge >= 0.3 is 5.97 Å². The number of carbonyl (C=O) groups excluding carboxylic acids is 1. The van der Waals surface area contributed by atoms with E-state index in [4.69, 9.17) is 9.26 Å². The van der Waals surface area contributed by atoms with Crippen molar-refractivity contribution in [3.63, 3.8) is 0 Å². The normalized spacial score (nSPS) is 16.8. The average molecular weight is 635 g/mol. The molecule has 1 aliphatic heterocycles. The van der Waals surface area contributed by atoms with Gasteiger partial charge < -0.3 is 9.26 Å². The van der Waals surface area contributed by atoms with Crippen LogP contribution in [-0.4, -0.2) is 18.2 Å². The zero-order valence-electron chi connectivity index (χ0n) is 27.9. The van der Waals surface area contributed by atoms with E-state index < -0.39 is 19.4 Å². The molecule has 0 saturated carbocycles. The van der Waals surface area contributed by atoms with Gasteiger partial charge in [0.05, 0.1) is 11.5 Å². The fraction of sp³-hybridized carbons (Fsp3) is 0.341. The third-order valence-electron chi connectivity index (χ3n) is 9.49. The molecule has 0 radical (unpaired) electrons. The van der Waals surface area contributed by atoms with Gasteiger partial charge in [-0.05, 0) is 78.5 Å². The minimum absolute atomic E-state index is 0.0931. The van der Waals surface area contributed by atoms with Gasteiger partial charge in [0.1, 0.15) is 11.9 Å². The lowest BCUT2D eigenvalue weighted by molar-refractivity contribution is -0.143. The summed E-state index contributed by atoms with van der Waals surface area (Å²) in [4.78, 5) is 12.7. The average Bonchev–Trinajstić information content (AvgIpc) is 3.06. The van der Waals surface area contributed by atoms with Gasteiger partial charge in [0.25, 0.3) is 7.37 Å². The summed E-state index contributed by atoms with van der Waals surface area (Å²) in [5.41, 5.74) is 7.04.